The van der Waals surface area contributed by atoms with Crippen molar-refractivity contribution in [1.82, 2.24) is 4.31 Å². The van der Waals surface area contributed by atoms with Crippen molar-refractivity contribution < 1.29 is 22.7 Å². The van der Waals surface area contributed by atoms with Gasteiger partial charge in [-0.05, 0) is 61.9 Å². The molecule has 1 N–H and O–H groups in total. The molecule has 160 valence electrons. The second-order valence-corrected chi connectivity index (χ2v) is 9.59. The number of amides is 1. The van der Waals surface area contributed by atoms with Gasteiger partial charge < -0.3 is 10.1 Å². The predicted octanol–water partition coefficient (Wildman–Crippen LogP) is 3.13. The standard InChI is InChI=1S/C21H24N2O5S2/c1-29-17-12-10-16(11-13-17)22-20(24)15-28-21(25)19-9-5-6-14-23(19)30(26,27)18-7-3-2-4-8-18/h2-4,7-8,10-13,19H,5-6,9,14-15H2,1H3,(H,22,24). The van der Waals surface area contributed by atoms with Gasteiger partial charge in [-0.15, -0.1) is 11.8 Å². The maximum atomic E-state index is 13.0. The first-order chi connectivity index (χ1) is 14.4. The summed E-state index contributed by atoms with van der Waals surface area (Å²) in [6.07, 6.45) is 3.71. The number of hydrogen-bond donors (Lipinski definition) is 1. The summed E-state index contributed by atoms with van der Waals surface area (Å²) < 4.78 is 32.3. The van der Waals surface area contributed by atoms with Crippen LogP contribution in [0.3, 0.4) is 0 Å². The fraction of sp³-hybridized carbons (Fsp3) is 0.333. The van der Waals surface area contributed by atoms with Crippen LogP contribution in [0.5, 0.6) is 0 Å². The Morgan fingerprint density at radius 3 is 2.47 bits per heavy atom. The van der Waals surface area contributed by atoms with Crippen molar-refractivity contribution in [3.63, 3.8) is 0 Å². The van der Waals surface area contributed by atoms with Gasteiger partial charge in [-0.2, -0.15) is 4.31 Å². The van der Waals surface area contributed by atoms with Gasteiger partial charge in [-0.3, -0.25) is 9.59 Å². The highest BCUT2D eigenvalue weighted by Gasteiger charge is 2.38. The number of piperidine rings is 1. The van der Waals surface area contributed by atoms with Crippen molar-refractivity contribution in [3.05, 3.63) is 54.6 Å². The molecule has 9 heteroatoms. The van der Waals surface area contributed by atoms with Crippen molar-refractivity contribution in [2.75, 3.05) is 24.7 Å². The van der Waals surface area contributed by atoms with Crippen LogP contribution in [-0.4, -0.2) is 50.0 Å². The molecule has 0 spiro atoms. The van der Waals surface area contributed by atoms with E-state index in [0.29, 0.717) is 24.9 Å². The molecular weight excluding hydrogens is 424 g/mol. The molecule has 2 aromatic rings. The lowest BCUT2D eigenvalue weighted by molar-refractivity contribution is -0.152. The third-order valence-corrected chi connectivity index (χ3v) is 7.46. The van der Waals surface area contributed by atoms with Crippen LogP contribution in [0.1, 0.15) is 19.3 Å². The Morgan fingerprint density at radius 2 is 1.80 bits per heavy atom. The number of carbonyl (C=O) groups is 2. The maximum absolute atomic E-state index is 13.0. The van der Waals surface area contributed by atoms with Crippen LogP contribution < -0.4 is 5.32 Å². The van der Waals surface area contributed by atoms with E-state index in [0.717, 1.165) is 4.90 Å². The van der Waals surface area contributed by atoms with Crippen LogP contribution >= 0.6 is 11.8 Å². The lowest BCUT2D eigenvalue weighted by atomic mass is 10.1. The average molecular weight is 449 g/mol. The number of anilines is 1. The van der Waals surface area contributed by atoms with Crippen molar-refractivity contribution in [3.8, 4) is 0 Å². The van der Waals surface area contributed by atoms with Crippen LogP contribution in [0.25, 0.3) is 0 Å². The zero-order chi connectivity index (χ0) is 21.6. The Hall–Kier alpha value is -2.36. The second-order valence-electron chi connectivity index (χ2n) is 6.82. The molecule has 7 nitrogen and oxygen atoms in total. The first-order valence-corrected chi connectivity index (χ1v) is 12.3. The van der Waals surface area contributed by atoms with Gasteiger partial charge in [-0.1, -0.05) is 18.2 Å². The number of ether oxygens (including phenoxy) is 1. The minimum Gasteiger partial charge on any atom is -0.454 e. The third kappa shape index (κ3) is 5.41. The highest BCUT2D eigenvalue weighted by molar-refractivity contribution is 7.98. The highest BCUT2D eigenvalue weighted by Crippen LogP contribution is 2.26. The van der Waals surface area contributed by atoms with E-state index in [2.05, 4.69) is 5.32 Å². The Bertz CT molecular complexity index is 978. The molecule has 1 aliphatic rings. The van der Waals surface area contributed by atoms with Crippen molar-refractivity contribution in [1.29, 1.82) is 0 Å². The molecule has 0 aliphatic carbocycles. The van der Waals surface area contributed by atoms with Crippen LogP contribution in [0, 0.1) is 0 Å². The van der Waals surface area contributed by atoms with Crippen LogP contribution in [0.15, 0.2) is 64.4 Å². The molecule has 1 aliphatic heterocycles. The third-order valence-electron chi connectivity index (χ3n) is 4.79. The topological polar surface area (TPSA) is 92.8 Å². The summed E-state index contributed by atoms with van der Waals surface area (Å²) in [6, 6.07) is 14.4. The van der Waals surface area contributed by atoms with Crippen molar-refractivity contribution >= 4 is 39.3 Å². The number of nitrogens with zero attached hydrogens (tertiary/aromatic N) is 1. The Morgan fingerprint density at radius 1 is 1.10 bits per heavy atom. The number of sulfonamides is 1. The second kappa shape index (κ2) is 10.1. The predicted molar refractivity (Wildman–Crippen MR) is 116 cm³/mol. The van der Waals surface area contributed by atoms with Crippen LogP contribution in [0.2, 0.25) is 0 Å². The van der Waals surface area contributed by atoms with E-state index >= 15 is 0 Å². The molecule has 30 heavy (non-hydrogen) atoms. The zero-order valence-corrected chi connectivity index (χ0v) is 18.2. The van der Waals surface area contributed by atoms with E-state index in [-0.39, 0.29) is 11.4 Å². The average Bonchev–Trinajstić information content (AvgIpc) is 2.78. The Labute approximate surface area is 180 Å². The van der Waals surface area contributed by atoms with Gasteiger partial charge in [-0.25, -0.2) is 8.42 Å². The number of benzene rings is 2. The minimum atomic E-state index is -3.82. The Kier molecular flexibility index (Phi) is 7.52. The number of esters is 1. The molecule has 0 radical (unpaired) electrons. The molecule has 2 aromatic carbocycles. The van der Waals surface area contributed by atoms with E-state index in [1.165, 1.54) is 16.4 Å². The van der Waals surface area contributed by atoms with Gasteiger partial charge in [0, 0.05) is 17.1 Å². The van der Waals surface area contributed by atoms with Crippen LogP contribution in [-0.2, 0) is 24.3 Å². The number of hydrogen-bond acceptors (Lipinski definition) is 6. The summed E-state index contributed by atoms with van der Waals surface area (Å²) in [6.45, 7) is -0.232. The number of thioether (sulfide) groups is 1. The lowest BCUT2D eigenvalue weighted by Gasteiger charge is -2.32. The van der Waals surface area contributed by atoms with E-state index in [1.807, 2.05) is 18.4 Å². The summed E-state index contributed by atoms with van der Waals surface area (Å²) >= 11 is 1.59. The molecule has 3 rings (SSSR count). The molecule has 1 atom stereocenters. The largest absolute Gasteiger partial charge is 0.454 e. The molecule has 0 aromatic heterocycles. The molecule has 1 amide bonds. The molecule has 0 saturated carbocycles. The normalized spacial score (nSPS) is 17.3. The van der Waals surface area contributed by atoms with Gasteiger partial charge in [0.05, 0.1) is 4.90 Å². The van der Waals surface area contributed by atoms with E-state index in [1.54, 1.807) is 42.1 Å². The molecule has 1 saturated heterocycles. The van der Waals surface area contributed by atoms with Gasteiger partial charge in [0.15, 0.2) is 6.61 Å². The molecule has 1 heterocycles. The summed E-state index contributed by atoms with van der Waals surface area (Å²) in [5.74, 6) is -1.18. The quantitative estimate of drug-likeness (QED) is 0.517. The highest BCUT2D eigenvalue weighted by atomic mass is 32.2. The van der Waals surface area contributed by atoms with E-state index < -0.39 is 34.5 Å². The Balaban J connectivity index is 1.62. The summed E-state index contributed by atoms with van der Waals surface area (Å²) in [5, 5.41) is 2.66. The number of rotatable bonds is 7. The minimum absolute atomic E-state index is 0.135. The van der Waals surface area contributed by atoms with Gasteiger partial charge in [0.2, 0.25) is 10.0 Å². The maximum Gasteiger partial charge on any atom is 0.324 e. The van der Waals surface area contributed by atoms with Crippen LogP contribution in [0.4, 0.5) is 5.69 Å². The lowest BCUT2D eigenvalue weighted by Crippen LogP contribution is -2.48. The number of carbonyl (C=O) groups excluding carboxylic acids is 2. The summed E-state index contributed by atoms with van der Waals surface area (Å²) in [5.41, 5.74) is 0.597. The first-order valence-electron chi connectivity index (χ1n) is 9.59. The molecular formula is C21H24N2O5S2. The molecule has 1 fully saturated rings. The van der Waals surface area contributed by atoms with Crippen molar-refractivity contribution in [2.45, 2.75) is 35.1 Å². The van der Waals surface area contributed by atoms with E-state index in [9.17, 15) is 18.0 Å². The molecule has 0 bridgehead atoms. The first kappa shape index (κ1) is 22.3. The SMILES string of the molecule is CSc1ccc(NC(=O)COC(=O)C2CCCCN2S(=O)(=O)c2ccccc2)cc1. The van der Waals surface area contributed by atoms with Crippen molar-refractivity contribution in [2.24, 2.45) is 0 Å². The monoisotopic (exact) mass is 448 g/mol. The van der Waals surface area contributed by atoms with Gasteiger partial charge in [0.25, 0.3) is 5.91 Å². The van der Waals surface area contributed by atoms with E-state index in [4.69, 9.17) is 4.74 Å². The van der Waals surface area contributed by atoms with Gasteiger partial charge in [0.1, 0.15) is 6.04 Å². The summed E-state index contributed by atoms with van der Waals surface area (Å²) in [4.78, 5) is 25.9. The zero-order valence-electron chi connectivity index (χ0n) is 16.6. The number of nitrogens with one attached hydrogen (secondary N) is 1. The fourth-order valence-electron chi connectivity index (χ4n) is 3.26. The fourth-order valence-corrected chi connectivity index (χ4v) is 5.34. The summed E-state index contributed by atoms with van der Waals surface area (Å²) in [7, 11) is -3.82. The smallest absolute Gasteiger partial charge is 0.324 e. The molecule has 1 unspecified atom stereocenters. The van der Waals surface area contributed by atoms with Gasteiger partial charge >= 0.3 is 5.97 Å².